The molecular weight excluding hydrogens is 200 g/mol. The van der Waals surface area contributed by atoms with Crippen LogP contribution in [0.2, 0.25) is 0 Å². The SMILES string of the molecule is CC1CCCN2c3ccc(N)cc3OCC12. The van der Waals surface area contributed by atoms with Crippen LogP contribution in [-0.4, -0.2) is 19.2 Å². The molecule has 3 heteroatoms. The first-order valence-electron chi connectivity index (χ1n) is 6.04. The molecule has 16 heavy (non-hydrogen) atoms. The number of fused-ring (bicyclic) bond motifs is 3. The Hall–Kier alpha value is -1.38. The standard InChI is InChI=1S/C13H18N2O/c1-9-3-2-6-15-11-5-4-10(14)7-13(11)16-8-12(9)15/h4-5,7,9,12H,2-3,6,8,14H2,1H3. The minimum Gasteiger partial charge on any atom is -0.489 e. The van der Waals surface area contributed by atoms with Gasteiger partial charge in [-0.15, -0.1) is 0 Å². The zero-order valence-electron chi connectivity index (χ0n) is 9.65. The van der Waals surface area contributed by atoms with Gasteiger partial charge >= 0.3 is 0 Å². The van der Waals surface area contributed by atoms with E-state index in [-0.39, 0.29) is 0 Å². The van der Waals surface area contributed by atoms with E-state index < -0.39 is 0 Å². The lowest BCUT2D eigenvalue weighted by molar-refractivity contribution is 0.201. The number of anilines is 2. The van der Waals surface area contributed by atoms with Gasteiger partial charge in [-0.3, -0.25) is 0 Å². The third-order valence-corrected chi connectivity index (χ3v) is 3.82. The summed E-state index contributed by atoms with van der Waals surface area (Å²) >= 11 is 0. The van der Waals surface area contributed by atoms with Gasteiger partial charge in [0.25, 0.3) is 0 Å². The number of nitrogens with two attached hydrogens (primary N) is 1. The van der Waals surface area contributed by atoms with Gasteiger partial charge in [-0.2, -0.15) is 0 Å². The molecule has 0 saturated carbocycles. The maximum atomic E-state index is 5.82. The van der Waals surface area contributed by atoms with E-state index in [1.165, 1.54) is 18.5 Å². The van der Waals surface area contributed by atoms with E-state index in [9.17, 15) is 0 Å². The fourth-order valence-corrected chi connectivity index (χ4v) is 2.86. The second-order valence-electron chi connectivity index (χ2n) is 4.92. The summed E-state index contributed by atoms with van der Waals surface area (Å²) in [5, 5.41) is 0. The van der Waals surface area contributed by atoms with Crippen molar-refractivity contribution in [2.45, 2.75) is 25.8 Å². The predicted octanol–water partition coefficient (Wildman–Crippen LogP) is 2.27. The molecule has 0 radical (unpaired) electrons. The Balaban J connectivity index is 1.99. The summed E-state index contributed by atoms with van der Waals surface area (Å²) in [5.74, 6) is 1.67. The first-order valence-corrected chi connectivity index (χ1v) is 6.04. The van der Waals surface area contributed by atoms with Crippen LogP contribution in [-0.2, 0) is 0 Å². The van der Waals surface area contributed by atoms with Crippen molar-refractivity contribution in [2.75, 3.05) is 23.8 Å². The Morgan fingerprint density at radius 2 is 2.31 bits per heavy atom. The maximum absolute atomic E-state index is 5.82. The van der Waals surface area contributed by atoms with Crippen molar-refractivity contribution in [1.29, 1.82) is 0 Å². The molecule has 2 unspecified atom stereocenters. The maximum Gasteiger partial charge on any atom is 0.144 e. The number of piperidine rings is 1. The minimum atomic E-state index is 0.546. The number of hydrogen-bond donors (Lipinski definition) is 1. The van der Waals surface area contributed by atoms with Crippen molar-refractivity contribution in [3.63, 3.8) is 0 Å². The lowest BCUT2D eigenvalue weighted by atomic mass is 9.90. The smallest absolute Gasteiger partial charge is 0.144 e. The molecule has 3 nitrogen and oxygen atoms in total. The number of ether oxygens (including phenoxy) is 1. The number of nitrogen functional groups attached to an aromatic ring is 1. The van der Waals surface area contributed by atoms with E-state index in [1.54, 1.807) is 0 Å². The molecule has 1 aromatic rings. The van der Waals surface area contributed by atoms with E-state index >= 15 is 0 Å². The summed E-state index contributed by atoms with van der Waals surface area (Å²) in [5.41, 5.74) is 7.78. The van der Waals surface area contributed by atoms with Crippen LogP contribution in [0.25, 0.3) is 0 Å². The summed E-state index contributed by atoms with van der Waals surface area (Å²) < 4.78 is 5.82. The Bertz CT molecular complexity index is 405. The van der Waals surface area contributed by atoms with Crippen LogP contribution in [0.15, 0.2) is 18.2 Å². The van der Waals surface area contributed by atoms with Crippen molar-refractivity contribution in [3.8, 4) is 5.75 Å². The molecule has 1 saturated heterocycles. The van der Waals surface area contributed by atoms with Crippen molar-refractivity contribution >= 4 is 11.4 Å². The van der Waals surface area contributed by atoms with Crippen molar-refractivity contribution in [2.24, 2.45) is 5.92 Å². The highest BCUT2D eigenvalue weighted by Gasteiger charge is 2.33. The molecule has 2 aliphatic rings. The summed E-state index contributed by atoms with van der Waals surface area (Å²) in [6.45, 7) is 4.27. The molecule has 0 amide bonds. The molecule has 2 N–H and O–H groups in total. The van der Waals surface area contributed by atoms with E-state index in [2.05, 4.69) is 17.9 Å². The Labute approximate surface area is 96.2 Å². The van der Waals surface area contributed by atoms with Gasteiger partial charge in [0.1, 0.15) is 12.4 Å². The van der Waals surface area contributed by atoms with Crippen LogP contribution in [0.5, 0.6) is 5.75 Å². The predicted molar refractivity (Wildman–Crippen MR) is 65.9 cm³/mol. The highest BCUT2D eigenvalue weighted by Crippen LogP contribution is 2.39. The first-order chi connectivity index (χ1) is 7.75. The molecule has 0 aliphatic carbocycles. The number of hydrogen-bond acceptors (Lipinski definition) is 3. The largest absolute Gasteiger partial charge is 0.489 e. The Morgan fingerprint density at radius 3 is 3.19 bits per heavy atom. The summed E-state index contributed by atoms with van der Waals surface area (Å²) in [4.78, 5) is 2.49. The molecule has 0 spiro atoms. The topological polar surface area (TPSA) is 38.5 Å². The molecule has 1 fully saturated rings. The van der Waals surface area contributed by atoms with E-state index in [1.807, 2.05) is 12.1 Å². The summed E-state index contributed by atoms with van der Waals surface area (Å²) in [7, 11) is 0. The van der Waals surface area contributed by atoms with Crippen molar-refractivity contribution in [3.05, 3.63) is 18.2 Å². The quantitative estimate of drug-likeness (QED) is 0.679. The monoisotopic (exact) mass is 218 g/mol. The van der Waals surface area contributed by atoms with Gasteiger partial charge in [-0.1, -0.05) is 6.92 Å². The van der Waals surface area contributed by atoms with Crippen molar-refractivity contribution < 1.29 is 4.74 Å². The molecule has 2 heterocycles. The van der Waals surface area contributed by atoms with Gasteiger partial charge in [-0.05, 0) is 30.9 Å². The van der Waals surface area contributed by atoms with Crippen LogP contribution in [0.1, 0.15) is 19.8 Å². The van der Waals surface area contributed by atoms with Gasteiger partial charge < -0.3 is 15.4 Å². The second-order valence-corrected chi connectivity index (χ2v) is 4.92. The van der Waals surface area contributed by atoms with Crippen LogP contribution in [0.4, 0.5) is 11.4 Å². The number of rotatable bonds is 0. The molecule has 0 aromatic heterocycles. The Kier molecular flexibility index (Phi) is 2.20. The highest BCUT2D eigenvalue weighted by molar-refractivity contribution is 5.65. The molecule has 3 rings (SSSR count). The van der Waals surface area contributed by atoms with Crippen LogP contribution >= 0.6 is 0 Å². The van der Waals surface area contributed by atoms with E-state index in [0.29, 0.717) is 6.04 Å². The summed E-state index contributed by atoms with van der Waals surface area (Å²) in [6.07, 6.45) is 2.59. The van der Waals surface area contributed by atoms with E-state index in [4.69, 9.17) is 10.5 Å². The lowest BCUT2D eigenvalue weighted by Gasteiger charge is -2.45. The zero-order valence-corrected chi connectivity index (χ0v) is 9.65. The van der Waals surface area contributed by atoms with E-state index in [0.717, 1.165) is 30.5 Å². The molecule has 2 atom stereocenters. The van der Waals surface area contributed by atoms with Crippen LogP contribution in [0.3, 0.4) is 0 Å². The minimum absolute atomic E-state index is 0.546. The number of benzene rings is 1. The average Bonchev–Trinajstić information content (AvgIpc) is 2.28. The van der Waals surface area contributed by atoms with Gasteiger partial charge in [0.15, 0.2) is 0 Å². The fraction of sp³-hybridized carbons (Fsp3) is 0.538. The Morgan fingerprint density at radius 1 is 1.44 bits per heavy atom. The molecule has 0 bridgehead atoms. The second kappa shape index (κ2) is 3.58. The fourth-order valence-electron chi connectivity index (χ4n) is 2.86. The van der Waals surface area contributed by atoms with Crippen LogP contribution < -0.4 is 15.4 Å². The number of nitrogens with zero attached hydrogens (tertiary/aromatic N) is 1. The third kappa shape index (κ3) is 1.42. The molecule has 86 valence electrons. The van der Waals surface area contributed by atoms with Crippen molar-refractivity contribution in [1.82, 2.24) is 0 Å². The molecule has 1 aromatic carbocycles. The van der Waals surface area contributed by atoms with Gasteiger partial charge in [0, 0.05) is 18.3 Å². The summed E-state index contributed by atoms with van der Waals surface area (Å²) in [6, 6.07) is 6.54. The lowest BCUT2D eigenvalue weighted by Crippen LogP contribution is -2.50. The average molecular weight is 218 g/mol. The normalized spacial score (nSPS) is 27.9. The first kappa shape index (κ1) is 9.82. The third-order valence-electron chi connectivity index (χ3n) is 3.82. The van der Waals surface area contributed by atoms with Gasteiger partial charge in [0.2, 0.25) is 0 Å². The van der Waals surface area contributed by atoms with Gasteiger partial charge in [-0.25, -0.2) is 0 Å². The van der Waals surface area contributed by atoms with Gasteiger partial charge in [0.05, 0.1) is 11.7 Å². The highest BCUT2D eigenvalue weighted by atomic mass is 16.5. The molecular formula is C13H18N2O. The zero-order chi connectivity index (χ0) is 11.1. The molecule has 2 aliphatic heterocycles. The van der Waals surface area contributed by atoms with Crippen LogP contribution in [0, 0.1) is 5.92 Å².